The molecule has 2 aromatic carbocycles. The van der Waals surface area contributed by atoms with Crippen LogP contribution < -0.4 is 4.74 Å². The van der Waals surface area contributed by atoms with Crippen LogP contribution in [0.2, 0.25) is 0 Å². The highest BCUT2D eigenvalue weighted by Crippen LogP contribution is 2.27. The van der Waals surface area contributed by atoms with Gasteiger partial charge in [-0.2, -0.15) is 5.10 Å². The molecule has 154 valence electrons. The first kappa shape index (κ1) is 20.1. The van der Waals surface area contributed by atoms with Gasteiger partial charge in [0.2, 0.25) is 5.88 Å². The van der Waals surface area contributed by atoms with Gasteiger partial charge >= 0.3 is 0 Å². The summed E-state index contributed by atoms with van der Waals surface area (Å²) in [5.41, 5.74) is 3.29. The standard InChI is InChI=1S/C23H22N4O.CH4O/c1-2-12-27(11-1)16-17-3-4-19-14-21(7-5-18(19)13-17)28-23-8-6-20(15-24-23)22-9-10-25-26-22;1-2/h3-10,13-15H,1-2,11-12,16H2,(H,25,26);2H,1H3. The normalized spacial score (nSPS) is 13.8. The summed E-state index contributed by atoms with van der Waals surface area (Å²) in [5, 5.41) is 16.3. The summed E-state index contributed by atoms with van der Waals surface area (Å²) in [6, 6.07) is 18.7. The van der Waals surface area contributed by atoms with Crippen LogP contribution in [0.25, 0.3) is 22.0 Å². The molecule has 0 unspecified atom stereocenters. The molecule has 1 aliphatic heterocycles. The zero-order valence-electron chi connectivity index (χ0n) is 17.1. The molecule has 5 rings (SSSR count). The number of aliphatic hydroxyl groups is 1. The second-order valence-corrected chi connectivity index (χ2v) is 7.28. The van der Waals surface area contributed by atoms with Gasteiger partial charge in [-0.15, -0.1) is 0 Å². The maximum atomic E-state index is 7.00. The summed E-state index contributed by atoms with van der Waals surface area (Å²) in [4.78, 5) is 6.93. The Morgan fingerprint density at radius 3 is 2.50 bits per heavy atom. The molecule has 0 spiro atoms. The van der Waals surface area contributed by atoms with Gasteiger partial charge in [-0.05, 0) is 72.6 Å². The number of rotatable bonds is 5. The molecule has 0 saturated carbocycles. The molecule has 6 nitrogen and oxygen atoms in total. The van der Waals surface area contributed by atoms with Crippen LogP contribution in [0.5, 0.6) is 11.6 Å². The summed E-state index contributed by atoms with van der Waals surface area (Å²) >= 11 is 0. The van der Waals surface area contributed by atoms with Crippen molar-refractivity contribution in [2.45, 2.75) is 19.4 Å². The van der Waals surface area contributed by atoms with E-state index in [-0.39, 0.29) is 0 Å². The van der Waals surface area contributed by atoms with Crippen LogP contribution in [0.3, 0.4) is 0 Å². The second kappa shape index (κ2) is 9.52. The Kier molecular flexibility index (Phi) is 6.37. The second-order valence-electron chi connectivity index (χ2n) is 7.28. The van der Waals surface area contributed by atoms with E-state index in [1.54, 1.807) is 12.4 Å². The molecule has 4 aromatic rings. The SMILES string of the molecule is CO.c1cc(-c2ccc(Oc3ccc4cc(CN5CCCC5)ccc4c3)nc2)[nH]n1. The van der Waals surface area contributed by atoms with Gasteiger partial charge in [-0.3, -0.25) is 10.00 Å². The molecule has 2 aromatic heterocycles. The van der Waals surface area contributed by atoms with E-state index in [2.05, 4.69) is 50.4 Å². The van der Waals surface area contributed by atoms with E-state index in [0.717, 1.165) is 30.7 Å². The average molecular weight is 402 g/mol. The number of likely N-dealkylation sites (tertiary alicyclic amines) is 1. The minimum absolute atomic E-state index is 0.577. The molecular formula is C24H26N4O2. The van der Waals surface area contributed by atoms with Gasteiger partial charge in [0.15, 0.2) is 0 Å². The Morgan fingerprint density at radius 1 is 0.967 bits per heavy atom. The largest absolute Gasteiger partial charge is 0.439 e. The molecule has 2 N–H and O–H groups in total. The van der Waals surface area contributed by atoms with Crippen LogP contribution in [-0.4, -0.2) is 45.4 Å². The molecule has 1 aliphatic rings. The first-order chi connectivity index (χ1) is 14.8. The summed E-state index contributed by atoms with van der Waals surface area (Å²) in [5.74, 6) is 1.37. The zero-order chi connectivity index (χ0) is 20.8. The number of H-pyrrole nitrogens is 1. The average Bonchev–Trinajstić information content (AvgIpc) is 3.50. The molecule has 0 atom stereocenters. The van der Waals surface area contributed by atoms with Gasteiger partial charge in [0.05, 0.1) is 5.69 Å². The van der Waals surface area contributed by atoms with Gasteiger partial charge < -0.3 is 9.84 Å². The topological polar surface area (TPSA) is 74.3 Å². The fourth-order valence-electron chi connectivity index (χ4n) is 3.77. The molecule has 0 radical (unpaired) electrons. The number of aromatic amines is 1. The third-order valence-electron chi connectivity index (χ3n) is 5.25. The molecule has 30 heavy (non-hydrogen) atoms. The van der Waals surface area contributed by atoms with Crippen molar-refractivity contribution in [1.82, 2.24) is 20.1 Å². The zero-order valence-corrected chi connectivity index (χ0v) is 17.1. The monoisotopic (exact) mass is 402 g/mol. The fraction of sp³-hybridized carbons (Fsp3) is 0.250. The number of benzene rings is 2. The van der Waals surface area contributed by atoms with Gasteiger partial charge in [0.25, 0.3) is 0 Å². The minimum atomic E-state index is 0.577. The number of ether oxygens (including phenoxy) is 1. The number of hydrogen-bond donors (Lipinski definition) is 2. The van der Waals surface area contributed by atoms with Crippen LogP contribution >= 0.6 is 0 Å². The molecular weight excluding hydrogens is 376 g/mol. The lowest BCUT2D eigenvalue weighted by molar-refractivity contribution is 0.331. The molecule has 0 amide bonds. The first-order valence-corrected chi connectivity index (χ1v) is 10.2. The first-order valence-electron chi connectivity index (χ1n) is 10.2. The lowest BCUT2D eigenvalue weighted by atomic mass is 10.1. The Balaban J connectivity index is 0.00000106. The highest BCUT2D eigenvalue weighted by molar-refractivity contribution is 5.84. The van der Waals surface area contributed by atoms with E-state index in [9.17, 15) is 0 Å². The quantitative estimate of drug-likeness (QED) is 0.509. The van der Waals surface area contributed by atoms with Crippen LogP contribution in [0.1, 0.15) is 18.4 Å². The highest BCUT2D eigenvalue weighted by atomic mass is 16.5. The Labute approximate surface area is 176 Å². The highest BCUT2D eigenvalue weighted by Gasteiger charge is 2.12. The van der Waals surface area contributed by atoms with E-state index in [1.165, 1.54) is 42.3 Å². The van der Waals surface area contributed by atoms with Gasteiger partial charge in [-0.1, -0.05) is 18.2 Å². The van der Waals surface area contributed by atoms with Crippen molar-refractivity contribution in [2.75, 3.05) is 20.2 Å². The van der Waals surface area contributed by atoms with E-state index in [0.29, 0.717) is 5.88 Å². The predicted octanol–water partition coefficient (Wildman–Crippen LogP) is 4.62. The summed E-state index contributed by atoms with van der Waals surface area (Å²) in [6.07, 6.45) is 6.16. The summed E-state index contributed by atoms with van der Waals surface area (Å²) in [7, 11) is 1.00. The molecule has 1 fully saturated rings. The smallest absolute Gasteiger partial charge is 0.219 e. The van der Waals surface area contributed by atoms with Crippen molar-refractivity contribution < 1.29 is 9.84 Å². The Bertz CT molecular complexity index is 1070. The van der Waals surface area contributed by atoms with Gasteiger partial charge in [0, 0.05) is 37.7 Å². The van der Waals surface area contributed by atoms with Crippen molar-refractivity contribution in [1.29, 1.82) is 0 Å². The van der Waals surface area contributed by atoms with Gasteiger partial charge in [0.1, 0.15) is 5.75 Å². The van der Waals surface area contributed by atoms with Crippen LogP contribution in [0.4, 0.5) is 0 Å². The van der Waals surface area contributed by atoms with E-state index < -0.39 is 0 Å². The lowest BCUT2D eigenvalue weighted by Crippen LogP contribution is -2.18. The van der Waals surface area contributed by atoms with Crippen molar-refractivity contribution in [3.8, 4) is 22.9 Å². The van der Waals surface area contributed by atoms with E-state index in [4.69, 9.17) is 9.84 Å². The third kappa shape index (κ3) is 4.67. The molecule has 0 aliphatic carbocycles. The summed E-state index contributed by atoms with van der Waals surface area (Å²) < 4.78 is 5.95. The maximum absolute atomic E-state index is 7.00. The fourth-order valence-corrected chi connectivity index (χ4v) is 3.77. The number of hydrogen-bond acceptors (Lipinski definition) is 5. The number of nitrogens with one attached hydrogen (secondary N) is 1. The Hall–Kier alpha value is -3.22. The molecule has 0 bridgehead atoms. The maximum Gasteiger partial charge on any atom is 0.219 e. The van der Waals surface area contributed by atoms with Crippen molar-refractivity contribution in [2.24, 2.45) is 0 Å². The van der Waals surface area contributed by atoms with E-state index >= 15 is 0 Å². The van der Waals surface area contributed by atoms with Crippen LogP contribution in [0, 0.1) is 0 Å². The number of nitrogens with zero attached hydrogens (tertiary/aromatic N) is 3. The minimum Gasteiger partial charge on any atom is -0.439 e. The number of fused-ring (bicyclic) bond motifs is 1. The number of pyridine rings is 1. The molecule has 1 saturated heterocycles. The van der Waals surface area contributed by atoms with E-state index in [1.807, 2.05) is 24.3 Å². The van der Waals surface area contributed by atoms with Gasteiger partial charge in [-0.25, -0.2) is 4.98 Å². The Morgan fingerprint density at radius 2 is 1.77 bits per heavy atom. The predicted molar refractivity (Wildman–Crippen MR) is 118 cm³/mol. The van der Waals surface area contributed by atoms with Crippen LogP contribution in [-0.2, 0) is 6.54 Å². The lowest BCUT2D eigenvalue weighted by Gasteiger charge is -2.15. The van der Waals surface area contributed by atoms with Crippen molar-refractivity contribution in [3.63, 3.8) is 0 Å². The number of aliphatic hydroxyl groups excluding tert-OH is 1. The molecule has 6 heteroatoms. The number of aromatic nitrogens is 3. The van der Waals surface area contributed by atoms with Crippen molar-refractivity contribution in [3.05, 3.63) is 72.6 Å². The third-order valence-corrected chi connectivity index (χ3v) is 5.25. The van der Waals surface area contributed by atoms with Crippen LogP contribution in [0.15, 0.2) is 67.0 Å². The van der Waals surface area contributed by atoms with Crippen molar-refractivity contribution >= 4 is 10.8 Å². The molecule has 3 heterocycles. The summed E-state index contributed by atoms with van der Waals surface area (Å²) in [6.45, 7) is 3.48.